The second kappa shape index (κ2) is 9.12. The molecule has 1 amide bonds. The molecule has 4 rings (SSSR count). The second-order valence-corrected chi connectivity index (χ2v) is 7.95. The van der Waals surface area contributed by atoms with Crippen molar-refractivity contribution in [1.82, 2.24) is 25.4 Å². The molecule has 1 aromatic carbocycles. The minimum atomic E-state index is -4.33. The molecule has 3 aromatic rings. The molecule has 1 aliphatic carbocycles. The summed E-state index contributed by atoms with van der Waals surface area (Å²) in [6.07, 6.45) is 1.31. The van der Waals surface area contributed by atoms with E-state index in [2.05, 4.69) is 20.7 Å². The number of fused-ring (bicyclic) bond motifs is 1. The van der Waals surface area contributed by atoms with Gasteiger partial charge >= 0.3 is 6.18 Å². The number of halogens is 3. The van der Waals surface area contributed by atoms with Crippen LogP contribution in [-0.2, 0) is 39.2 Å². The Labute approximate surface area is 183 Å². The van der Waals surface area contributed by atoms with Gasteiger partial charge in [-0.25, -0.2) is 0 Å². The molecule has 0 saturated heterocycles. The predicted molar refractivity (Wildman–Crippen MR) is 113 cm³/mol. The molecule has 2 aromatic heterocycles. The number of pyridine rings is 1. The predicted octanol–water partition coefficient (Wildman–Crippen LogP) is 3.41. The van der Waals surface area contributed by atoms with Crippen LogP contribution >= 0.6 is 0 Å². The van der Waals surface area contributed by atoms with Crippen molar-refractivity contribution in [3.8, 4) is 0 Å². The number of hydrogen-bond donors (Lipinski definition) is 2. The zero-order chi connectivity index (χ0) is 22.7. The van der Waals surface area contributed by atoms with Gasteiger partial charge in [0.1, 0.15) is 0 Å². The summed E-state index contributed by atoms with van der Waals surface area (Å²) < 4.78 is 40.0. The number of aromatic nitrogens is 3. The number of nitrogens with one attached hydrogen (secondary N) is 2. The van der Waals surface area contributed by atoms with Crippen LogP contribution in [0.4, 0.5) is 13.2 Å². The van der Waals surface area contributed by atoms with Crippen LogP contribution in [0.15, 0.2) is 48.8 Å². The molecule has 32 heavy (non-hydrogen) atoms. The SMILES string of the molecule is Cn1nc(C(=O)NCc2ccncc2)c2c1CCC(NCc1ccc(C(F)(F)F)cc1)C2. The number of carbonyl (C=O) groups excluding carboxylic acids is 1. The number of aryl methyl sites for hydroxylation is 1. The standard InChI is InChI=1S/C23H24F3N5O/c1-31-20-7-6-18(28-13-15-2-4-17(5-3-15)23(24,25)26)12-19(20)21(30-31)22(32)29-14-16-8-10-27-11-9-16/h2-5,8-11,18,28H,6-7,12-14H2,1H3,(H,29,32). The van der Waals surface area contributed by atoms with Crippen LogP contribution in [0.25, 0.3) is 0 Å². The highest BCUT2D eigenvalue weighted by atomic mass is 19.4. The Kier molecular flexibility index (Phi) is 6.27. The molecular formula is C23H24F3N5O. The summed E-state index contributed by atoms with van der Waals surface area (Å²) >= 11 is 0. The van der Waals surface area contributed by atoms with Gasteiger partial charge in [-0.15, -0.1) is 0 Å². The van der Waals surface area contributed by atoms with Crippen molar-refractivity contribution in [3.05, 3.63) is 82.4 Å². The average Bonchev–Trinajstić information content (AvgIpc) is 3.12. The summed E-state index contributed by atoms with van der Waals surface area (Å²) in [6, 6.07) is 8.98. The Hall–Kier alpha value is -3.20. The van der Waals surface area contributed by atoms with E-state index in [1.807, 2.05) is 19.2 Å². The molecule has 6 nitrogen and oxygen atoms in total. The minimum absolute atomic E-state index is 0.112. The van der Waals surface area contributed by atoms with Gasteiger partial charge in [0.15, 0.2) is 5.69 Å². The Balaban J connectivity index is 1.39. The van der Waals surface area contributed by atoms with E-state index in [1.165, 1.54) is 12.1 Å². The van der Waals surface area contributed by atoms with Gasteiger partial charge in [0, 0.05) is 49.8 Å². The first-order valence-corrected chi connectivity index (χ1v) is 10.4. The topological polar surface area (TPSA) is 71.8 Å². The van der Waals surface area contributed by atoms with Crippen LogP contribution in [0.5, 0.6) is 0 Å². The van der Waals surface area contributed by atoms with Crippen molar-refractivity contribution < 1.29 is 18.0 Å². The molecular weight excluding hydrogens is 419 g/mol. The van der Waals surface area contributed by atoms with Crippen molar-refractivity contribution in [2.24, 2.45) is 7.05 Å². The monoisotopic (exact) mass is 443 g/mol. The molecule has 2 heterocycles. The van der Waals surface area contributed by atoms with Gasteiger partial charge in [-0.3, -0.25) is 14.5 Å². The quantitative estimate of drug-likeness (QED) is 0.613. The van der Waals surface area contributed by atoms with Crippen LogP contribution < -0.4 is 10.6 Å². The normalized spacial score (nSPS) is 15.9. The molecule has 0 bridgehead atoms. The van der Waals surface area contributed by atoms with Crippen LogP contribution in [0.2, 0.25) is 0 Å². The Morgan fingerprint density at radius 2 is 1.78 bits per heavy atom. The third kappa shape index (κ3) is 4.99. The first-order chi connectivity index (χ1) is 15.3. The highest BCUT2D eigenvalue weighted by Gasteiger charge is 2.30. The van der Waals surface area contributed by atoms with E-state index >= 15 is 0 Å². The molecule has 1 aliphatic rings. The molecule has 0 aliphatic heterocycles. The summed E-state index contributed by atoms with van der Waals surface area (Å²) in [5.74, 6) is -0.220. The van der Waals surface area contributed by atoms with Crippen LogP contribution in [0, 0.1) is 0 Å². The zero-order valence-corrected chi connectivity index (χ0v) is 17.6. The van der Waals surface area contributed by atoms with Crippen molar-refractivity contribution in [1.29, 1.82) is 0 Å². The van der Waals surface area contributed by atoms with Gasteiger partial charge < -0.3 is 10.6 Å². The van der Waals surface area contributed by atoms with Gasteiger partial charge in [0.05, 0.1) is 5.56 Å². The molecule has 9 heteroatoms. The van der Waals surface area contributed by atoms with E-state index in [0.29, 0.717) is 25.2 Å². The van der Waals surface area contributed by atoms with Crippen LogP contribution in [0.3, 0.4) is 0 Å². The smallest absolute Gasteiger partial charge is 0.347 e. The average molecular weight is 443 g/mol. The van der Waals surface area contributed by atoms with Gasteiger partial charge in [0.25, 0.3) is 5.91 Å². The maximum absolute atomic E-state index is 12.8. The molecule has 0 saturated carbocycles. The summed E-state index contributed by atoms with van der Waals surface area (Å²) in [6.45, 7) is 0.851. The van der Waals surface area contributed by atoms with Crippen molar-refractivity contribution in [3.63, 3.8) is 0 Å². The Bertz CT molecular complexity index is 1080. The lowest BCUT2D eigenvalue weighted by Crippen LogP contribution is -2.35. The maximum Gasteiger partial charge on any atom is 0.416 e. The molecule has 0 fully saturated rings. The summed E-state index contributed by atoms with van der Waals surface area (Å²) in [5.41, 5.74) is 3.49. The van der Waals surface area contributed by atoms with E-state index in [9.17, 15) is 18.0 Å². The van der Waals surface area contributed by atoms with Crippen molar-refractivity contribution in [2.75, 3.05) is 0 Å². The number of alkyl halides is 3. The van der Waals surface area contributed by atoms with Gasteiger partial charge in [-0.05, 0) is 54.7 Å². The number of hydrogen-bond acceptors (Lipinski definition) is 4. The fourth-order valence-electron chi connectivity index (χ4n) is 3.99. The molecule has 1 atom stereocenters. The fourth-order valence-corrected chi connectivity index (χ4v) is 3.99. The third-order valence-corrected chi connectivity index (χ3v) is 5.75. The molecule has 1 unspecified atom stereocenters. The number of rotatable bonds is 6. The zero-order valence-electron chi connectivity index (χ0n) is 17.6. The number of benzene rings is 1. The summed E-state index contributed by atoms with van der Waals surface area (Å²) in [5, 5.41) is 10.8. The maximum atomic E-state index is 12.8. The van der Waals surface area contributed by atoms with Gasteiger partial charge in [-0.1, -0.05) is 12.1 Å². The molecule has 2 N–H and O–H groups in total. The van der Waals surface area contributed by atoms with Crippen molar-refractivity contribution in [2.45, 2.75) is 44.6 Å². The number of amides is 1. The number of carbonyl (C=O) groups is 1. The highest BCUT2D eigenvalue weighted by Crippen LogP contribution is 2.29. The third-order valence-electron chi connectivity index (χ3n) is 5.75. The molecule has 0 radical (unpaired) electrons. The lowest BCUT2D eigenvalue weighted by Gasteiger charge is -2.24. The first kappa shape index (κ1) is 22.0. The highest BCUT2D eigenvalue weighted by molar-refractivity contribution is 5.94. The fraction of sp³-hybridized carbons (Fsp3) is 0.348. The largest absolute Gasteiger partial charge is 0.416 e. The van der Waals surface area contributed by atoms with E-state index in [0.717, 1.165) is 47.4 Å². The molecule has 168 valence electrons. The minimum Gasteiger partial charge on any atom is -0.347 e. The van der Waals surface area contributed by atoms with Crippen LogP contribution in [-0.4, -0.2) is 26.7 Å². The van der Waals surface area contributed by atoms with E-state index in [4.69, 9.17) is 0 Å². The van der Waals surface area contributed by atoms with Gasteiger partial charge in [-0.2, -0.15) is 18.3 Å². The lowest BCUT2D eigenvalue weighted by atomic mass is 9.91. The van der Waals surface area contributed by atoms with Gasteiger partial charge in [0.2, 0.25) is 0 Å². The van der Waals surface area contributed by atoms with Crippen molar-refractivity contribution >= 4 is 5.91 Å². The first-order valence-electron chi connectivity index (χ1n) is 10.4. The number of nitrogens with zero attached hydrogens (tertiary/aromatic N) is 3. The van der Waals surface area contributed by atoms with E-state index in [1.54, 1.807) is 17.1 Å². The summed E-state index contributed by atoms with van der Waals surface area (Å²) in [4.78, 5) is 16.8. The summed E-state index contributed by atoms with van der Waals surface area (Å²) in [7, 11) is 1.84. The second-order valence-electron chi connectivity index (χ2n) is 7.95. The van der Waals surface area contributed by atoms with E-state index in [-0.39, 0.29) is 11.9 Å². The molecule has 0 spiro atoms. The van der Waals surface area contributed by atoms with Crippen LogP contribution in [0.1, 0.15) is 44.9 Å². The Morgan fingerprint density at radius 3 is 2.47 bits per heavy atom. The Morgan fingerprint density at radius 1 is 1.09 bits per heavy atom. The lowest BCUT2D eigenvalue weighted by molar-refractivity contribution is -0.137. The van der Waals surface area contributed by atoms with E-state index < -0.39 is 11.7 Å².